The number of aromatic nitrogens is 2. The van der Waals surface area contributed by atoms with Crippen LogP contribution in [-0.2, 0) is 0 Å². The second kappa shape index (κ2) is 5.54. The van der Waals surface area contributed by atoms with E-state index in [0.717, 1.165) is 22.0 Å². The normalized spacial score (nSPS) is 20.4. The van der Waals surface area contributed by atoms with E-state index in [-0.39, 0.29) is 17.8 Å². The van der Waals surface area contributed by atoms with E-state index in [1.807, 2.05) is 26.0 Å². The third-order valence-electron chi connectivity index (χ3n) is 4.40. The molecular weight excluding hydrogens is 323 g/mol. The Morgan fingerprint density at radius 2 is 2.04 bits per heavy atom. The molecule has 24 heavy (non-hydrogen) atoms. The number of aromatic carboxylic acids is 1. The highest BCUT2D eigenvalue weighted by Gasteiger charge is 2.47. The molecule has 0 saturated heterocycles. The number of hydrogen-bond donors (Lipinski definition) is 2. The molecule has 8 heteroatoms. The zero-order chi connectivity index (χ0) is 17.6. The second-order valence-electron chi connectivity index (χ2n) is 5.99. The molecule has 1 aromatic carbocycles. The topological polar surface area (TPSA) is 67.2 Å². The Morgan fingerprint density at radius 1 is 1.33 bits per heavy atom. The van der Waals surface area contributed by atoms with Gasteiger partial charge in [-0.2, -0.15) is 18.3 Å². The monoisotopic (exact) mass is 339 g/mol. The standard InChI is InChI=1S/C16H16F3N3O2/c1-8-3-4-10(5-9(8)2)12-6-13(16(17,18)19)22-14(21-12)11(7-20-22)15(23)24/h3-5,7,12-13,21H,6H2,1-2H3,(H,23,24). The van der Waals surface area contributed by atoms with Gasteiger partial charge >= 0.3 is 12.1 Å². The molecule has 2 unspecified atom stereocenters. The van der Waals surface area contributed by atoms with Gasteiger partial charge in [0, 0.05) is 6.42 Å². The predicted molar refractivity (Wildman–Crippen MR) is 81.2 cm³/mol. The predicted octanol–water partition coefficient (Wildman–Crippen LogP) is 3.86. The number of rotatable bonds is 2. The van der Waals surface area contributed by atoms with Crippen LogP contribution in [0.3, 0.4) is 0 Å². The number of carboxylic acids is 1. The molecular formula is C16H16F3N3O2. The largest absolute Gasteiger partial charge is 0.477 e. The van der Waals surface area contributed by atoms with Gasteiger partial charge in [0.15, 0.2) is 6.04 Å². The van der Waals surface area contributed by atoms with Crippen LogP contribution in [0.15, 0.2) is 24.4 Å². The van der Waals surface area contributed by atoms with E-state index in [2.05, 4.69) is 10.4 Å². The fraction of sp³-hybridized carbons (Fsp3) is 0.375. The first-order chi connectivity index (χ1) is 11.2. The Balaban J connectivity index is 2.07. The number of carbonyl (C=O) groups is 1. The Hall–Kier alpha value is -2.51. The van der Waals surface area contributed by atoms with Crippen LogP contribution in [0.4, 0.5) is 19.0 Å². The number of fused-ring (bicyclic) bond motifs is 1. The molecule has 3 rings (SSSR count). The summed E-state index contributed by atoms with van der Waals surface area (Å²) in [7, 11) is 0. The molecule has 128 valence electrons. The van der Waals surface area contributed by atoms with E-state index in [9.17, 15) is 23.1 Å². The van der Waals surface area contributed by atoms with Crippen molar-refractivity contribution in [3.63, 3.8) is 0 Å². The second-order valence-corrected chi connectivity index (χ2v) is 5.99. The molecule has 1 aromatic heterocycles. The summed E-state index contributed by atoms with van der Waals surface area (Å²) >= 11 is 0. The van der Waals surface area contributed by atoms with E-state index in [0.29, 0.717) is 5.56 Å². The Bertz CT molecular complexity index is 798. The van der Waals surface area contributed by atoms with Gasteiger partial charge in [0.2, 0.25) is 0 Å². The molecule has 2 heterocycles. The van der Waals surface area contributed by atoms with Crippen LogP contribution in [0.25, 0.3) is 0 Å². The average molecular weight is 339 g/mol. The van der Waals surface area contributed by atoms with Gasteiger partial charge in [0.05, 0.1) is 12.2 Å². The number of carboxylic acid groups (broad SMARTS) is 1. The Morgan fingerprint density at radius 3 is 2.62 bits per heavy atom. The molecule has 1 aliphatic rings. The number of hydrogen-bond acceptors (Lipinski definition) is 3. The van der Waals surface area contributed by atoms with Crippen LogP contribution in [0.1, 0.15) is 45.6 Å². The van der Waals surface area contributed by atoms with Crippen LogP contribution >= 0.6 is 0 Å². The lowest BCUT2D eigenvalue weighted by molar-refractivity contribution is -0.173. The lowest BCUT2D eigenvalue weighted by atomic mass is 9.94. The molecule has 2 aromatic rings. The van der Waals surface area contributed by atoms with Gasteiger partial charge in [-0.3, -0.25) is 0 Å². The summed E-state index contributed by atoms with van der Waals surface area (Å²) in [5.41, 5.74) is 2.43. The SMILES string of the molecule is Cc1ccc(C2CC(C(F)(F)F)n3ncc(C(=O)O)c3N2)cc1C. The van der Waals surface area contributed by atoms with Crippen molar-refractivity contribution in [1.82, 2.24) is 9.78 Å². The lowest BCUT2D eigenvalue weighted by Gasteiger charge is -2.34. The van der Waals surface area contributed by atoms with E-state index >= 15 is 0 Å². The molecule has 0 saturated carbocycles. The molecule has 0 radical (unpaired) electrons. The molecule has 5 nitrogen and oxygen atoms in total. The number of anilines is 1. The van der Waals surface area contributed by atoms with Gasteiger partial charge in [-0.05, 0) is 30.5 Å². The van der Waals surface area contributed by atoms with Crippen LogP contribution in [0.5, 0.6) is 0 Å². The van der Waals surface area contributed by atoms with Crippen molar-refractivity contribution in [2.24, 2.45) is 0 Å². The summed E-state index contributed by atoms with van der Waals surface area (Å²) in [5, 5.41) is 15.7. The third kappa shape index (κ3) is 2.72. The van der Waals surface area contributed by atoms with Crippen molar-refractivity contribution in [3.8, 4) is 0 Å². The number of benzene rings is 1. The van der Waals surface area contributed by atoms with E-state index in [1.54, 1.807) is 6.07 Å². The first-order valence-electron chi connectivity index (χ1n) is 7.39. The molecule has 0 aliphatic carbocycles. The fourth-order valence-electron chi connectivity index (χ4n) is 2.92. The lowest BCUT2D eigenvalue weighted by Crippen LogP contribution is -2.36. The Kier molecular flexibility index (Phi) is 3.77. The molecule has 0 fully saturated rings. The maximum absolute atomic E-state index is 13.4. The summed E-state index contributed by atoms with van der Waals surface area (Å²) < 4.78 is 41.0. The summed E-state index contributed by atoms with van der Waals surface area (Å²) in [6.07, 6.45) is -3.82. The van der Waals surface area contributed by atoms with Gasteiger partial charge in [-0.25, -0.2) is 9.48 Å². The van der Waals surface area contributed by atoms with Crippen molar-refractivity contribution in [1.29, 1.82) is 0 Å². The van der Waals surface area contributed by atoms with E-state index < -0.39 is 24.2 Å². The molecule has 1 aliphatic heterocycles. The first-order valence-corrected chi connectivity index (χ1v) is 7.39. The van der Waals surface area contributed by atoms with Crippen LogP contribution < -0.4 is 5.32 Å². The van der Waals surface area contributed by atoms with Crippen LogP contribution in [-0.4, -0.2) is 27.0 Å². The average Bonchev–Trinajstić information content (AvgIpc) is 2.92. The highest BCUT2D eigenvalue weighted by molar-refractivity contribution is 5.93. The zero-order valence-corrected chi connectivity index (χ0v) is 13.1. The molecule has 2 N–H and O–H groups in total. The smallest absolute Gasteiger partial charge is 0.410 e. The third-order valence-corrected chi connectivity index (χ3v) is 4.40. The summed E-state index contributed by atoms with van der Waals surface area (Å²) in [6, 6.07) is 2.93. The highest BCUT2D eigenvalue weighted by atomic mass is 19.4. The van der Waals surface area contributed by atoms with Crippen molar-refractivity contribution >= 4 is 11.8 Å². The molecule has 0 amide bonds. The number of halogens is 3. The molecule has 2 atom stereocenters. The van der Waals surface area contributed by atoms with Gasteiger partial charge in [0.25, 0.3) is 0 Å². The van der Waals surface area contributed by atoms with Gasteiger partial charge in [-0.15, -0.1) is 0 Å². The number of nitrogens with zero attached hydrogens (tertiary/aromatic N) is 2. The molecule has 0 bridgehead atoms. The maximum atomic E-state index is 13.4. The van der Waals surface area contributed by atoms with Gasteiger partial charge < -0.3 is 10.4 Å². The van der Waals surface area contributed by atoms with Gasteiger partial charge in [-0.1, -0.05) is 18.2 Å². The minimum Gasteiger partial charge on any atom is -0.477 e. The van der Waals surface area contributed by atoms with Crippen molar-refractivity contribution in [3.05, 3.63) is 46.6 Å². The Labute approximate surface area is 136 Å². The van der Waals surface area contributed by atoms with Crippen LogP contribution in [0, 0.1) is 13.8 Å². The molecule has 0 spiro atoms. The summed E-state index contributed by atoms with van der Waals surface area (Å²) in [6.45, 7) is 3.80. The number of alkyl halides is 3. The zero-order valence-electron chi connectivity index (χ0n) is 13.1. The van der Waals surface area contributed by atoms with E-state index in [1.165, 1.54) is 0 Å². The van der Waals surface area contributed by atoms with Crippen molar-refractivity contribution < 1.29 is 23.1 Å². The maximum Gasteiger partial charge on any atom is 0.410 e. The summed E-state index contributed by atoms with van der Waals surface area (Å²) in [5.74, 6) is -1.43. The highest BCUT2D eigenvalue weighted by Crippen LogP contribution is 2.44. The quantitative estimate of drug-likeness (QED) is 0.872. The van der Waals surface area contributed by atoms with Crippen molar-refractivity contribution in [2.75, 3.05) is 5.32 Å². The minimum atomic E-state index is -4.52. The van der Waals surface area contributed by atoms with Gasteiger partial charge in [0.1, 0.15) is 11.4 Å². The van der Waals surface area contributed by atoms with Crippen molar-refractivity contribution in [2.45, 2.75) is 38.5 Å². The number of nitrogens with one attached hydrogen (secondary N) is 1. The van der Waals surface area contributed by atoms with E-state index in [4.69, 9.17) is 0 Å². The number of aryl methyl sites for hydroxylation is 2. The fourth-order valence-corrected chi connectivity index (χ4v) is 2.92. The van der Waals surface area contributed by atoms with Crippen LogP contribution in [0.2, 0.25) is 0 Å². The minimum absolute atomic E-state index is 0.112. The summed E-state index contributed by atoms with van der Waals surface area (Å²) in [4.78, 5) is 11.3. The first kappa shape index (κ1) is 16.4.